The van der Waals surface area contributed by atoms with Crippen molar-refractivity contribution < 1.29 is 27.1 Å². The van der Waals surface area contributed by atoms with Crippen molar-refractivity contribution >= 4 is 5.78 Å². The zero-order valence-electron chi connectivity index (χ0n) is 9.34. The molecule has 0 aliphatic rings. The normalized spacial score (nSPS) is 10.5. The van der Waals surface area contributed by atoms with E-state index in [4.69, 9.17) is 0 Å². The summed E-state index contributed by atoms with van der Waals surface area (Å²) in [6, 6.07) is 3.02. The van der Waals surface area contributed by atoms with E-state index in [0.29, 0.717) is 0 Å². The Hall–Kier alpha value is -2.31. The van der Waals surface area contributed by atoms with Gasteiger partial charge >= 0.3 is 0 Å². The van der Waals surface area contributed by atoms with Gasteiger partial charge in [-0.25, -0.2) is 8.78 Å². The van der Waals surface area contributed by atoms with Crippen LogP contribution >= 0.6 is 0 Å². The topological polar surface area (TPSA) is 42.1 Å². The lowest BCUT2D eigenvalue weighted by atomic mass is 10.3. The number of aromatic nitrogens is 1. The summed E-state index contributed by atoms with van der Waals surface area (Å²) in [5, 5.41) is 0. The summed E-state index contributed by atoms with van der Waals surface area (Å²) >= 11 is 0. The molecule has 1 aromatic carbocycles. The Bertz CT molecular complexity index is 584. The number of carbonyl (C=O) groups is 1. The molecule has 0 saturated heterocycles. The van der Waals surface area contributed by atoms with Crippen molar-refractivity contribution in [3.8, 4) is 5.75 Å². The third kappa shape index (κ3) is 2.59. The first-order chi connectivity index (χ1) is 9.00. The Labute approximate surface area is 104 Å². The molecule has 0 saturated carbocycles. The van der Waals surface area contributed by atoms with Gasteiger partial charge in [-0.05, 0) is 12.1 Å². The highest BCUT2D eigenvalue weighted by atomic mass is 19.2. The fraction of sp³-hybridized carbons (Fsp3) is 0.0833. The summed E-state index contributed by atoms with van der Waals surface area (Å²) in [5.74, 6) is -8.43. The van der Waals surface area contributed by atoms with Crippen LogP contribution in [0.2, 0.25) is 0 Å². The minimum absolute atomic E-state index is 0.0598. The number of ketones is 1. The molecule has 100 valence electrons. The van der Waals surface area contributed by atoms with E-state index in [2.05, 4.69) is 9.72 Å². The number of hydrogen-bond donors (Lipinski definition) is 1. The largest absolute Gasteiger partial charge is 0.479 e. The van der Waals surface area contributed by atoms with E-state index in [1.54, 1.807) is 0 Å². The van der Waals surface area contributed by atoms with Gasteiger partial charge in [0, 0.05) is 12.3 Å². The molecule has 1 aromatic heterocycles. The Morgan fingerprint density at radius 1 is 1.16 bits per heavy atom. The van der Waals surface area contributed by atoms with E-state index in [-0.39, 0.29) is 11.8 Å². The molecule has 3 nitrogen and oxygen atoms in total. The van der Waals surface area contributed by atoms with E-state index in [9.17, 15) is 22.4 Å². The van der Waals surface area contributed by atoms with Gasteiger partial charge in [-0.15, -0.1) is 0 Å². The number of hydrogen-bond acceptors (Lipinski definition) is 2. The molecule has 2 aromatic rings. The van der Waals surface area contributed by atoms with Gasteiger partial charge in [-0.2, -0.15) is 8.78 Å². The standard InChI is InChI=1S/C12H7F4NO2/c13-6-4-7(14)11(16)12(10(6)15)19-5-9(18)8-2-1-3-17-8/h1-4,17H,5H2. The molecule has 0 fully saturated rings. The molecule has 0 amide bonds. The number of ether oxygens (including phenoxy) is 1. The molecule has 0 bridgehead atoms. The van der Waals surface area contributed by atoms with Crippen LogP contribution in [-0.2, 0) is 0 Å². The number of carbonyl (C=O) groups excluding carboxylic acids is 1. The van der Waals surface area contributed by atoms with Gasteiger partial charge in [0.1, 0.15) is 0 Å². The lowest BCUT2D eigenvalue weighted by Gasteiger charge is -2.08. The zero-order chi connectivity index (χ0) is 14.0. The summed E-state index contributed by atoms with van der Waals surface area (Å²) in [7, 11) is 0. The average Bonchev–Trinajstić information content (AvgIpc) is 2.90. The molecule has 0 radical (unpaired) electrons. The highest BCUT2D eigenvalue weighted by Crippen LogP contribution is 2.26. The van der Waals surface area contributed by atoms with Crippen molar-refractivity contribution in [2.45, 2.75) is 0 Å². The summed E-state index contributed by atoms with van der Waals surface area (Å²) in [4.78, 5) is 14.0. The van der Waals surface area contributed by atoms with E-state index in [1.807, 2.05) is 0 Å². The van der Waals surface area contributed by atoms with E-state index in [0.717, 1.165) is 0 Å². The SMILES string of the molecule is O=C(COc1c(F)c(F)cc(F)c1F)c1ccc[nH]1. The minimum atomic E-state index is -1.68. The number of aromatic amines is 1. The Morgan fingerprint density at radius 2 is 1.79 bits per heavy atom. The molecule has 19 heavy (non-hydrogen) atoms. The molecule has 0 atom stereocenters. The van der Waals surface area contributed by atoms with Crippen molar-refractivity contribution in [3.63, 3.8) is 0 Å². The van der Waals surface area contributed by atoms with Gasteiger partial charge in [0.2, 0.25) is 17.4 Å². The zero-order valence-corrected chi connectivity index (χ0v) is 9.34. The lowest BCUT2D eigenvalue weighted by Crippen LogP contribution is -2.14. The van der Waals surface area contributed by atoms with Crippen molar-refractivity contribution in [2.24, 2.45) is 0 Å². The van der Waals surface area contributed by atoms with Crippen molar-refractivity contribution in [3.05, 3.63) is 53.4 Å². The first kappa shape index (κ1) is 13.1. The Morgan fingerprint density at radius 3 is 2.32 bits per heavy atom. The van der Waals surface area contributed by atoms with Gasteiger partial charge in [-0.1, -0.05) is 0 Å². The van der Waals surface area contributed by atoms with Crippen LogP contribution in [0, 0.1) is 23.3 Å². The lowest BCUT2D eigenvalue weighted by molar-refractivity contribution is 0.0909. The number of Topliss-reactive ketones (excluding diaryl/α,β-unsaturated/α-hetero) is 1. The molecule has 0 spiro atoms. The number of halogens is 4. The van der Waals surface area contributed by atoms with Gasteiger partial charge in [0.15, 0.2) is 24.0 Å². The van der Waals surface area contributed by atoms with Crippen LogP contribution in [0.5, 0.6) is 5.75 Å². The molecule has 7 heteroatoms. The summed E-state index contributed by atoms with van der Waals surface area (Å²) in [6.45, 7) is -0.753. The Kier molecular flexibility index (Phi) is 3.55. The molecule has 2 rings (SSSR count). The maximum atomic E-state index is 13.2. The summed E-state index contributed by atoms with van der Waals surface area (Å²) in [5.41, 5.74) is 0.151. The van der Waals surface area contributed by atoms with E-state index < -0.39 is 41.4 Å². The van der Waals surface area contributed by atoms with Crippen LogP contribution in [0.15, 0.2) is 24.4 Å². The number of benzene rings is 1. The molecule has 1 heterocycles. The summed E-state index contributed by atoms with van der Waals surface area (Å²) < 4.78 is 56.7. The van der Waals surface area contributed by atoms with Crippen molar-refractivity contribution in [1.82, 2.24) is 4.98 Å². The number of nitrogens with one attached hydrogen (secondary N) is 1. The molecule has 0 unspecified atom stereocenters. The van der Waals surface area contributed by atoms with Crippen molar-refractivity contribution in [1.29, 1.82) is 0 Å². The van der Waals surface area contributed by atoms with E-state index >= 15 is 0 Å². The second-order valence-corrected chi connectivity index (χ2v) is 3.59. The predicted molar refractivity (Wildman–Crippen MR) is 56.9 cm³/mol. The molecular formula is C12H7F4NO2. The Balaban J connectivity index is 2.18. The third-order valence-corrected chi connectivity index (χ3v) is 2.32. The second-order valence-electron chi connectivity index (χ2n) is 3.59. The quantitative estimate of drug-likeness (QED) is 0.528. The fourth-order valence-electron chi connectivity index (χ4n) is 1.40. The van der Waals surface area contributed by atoms with E-state index in [1.165, 1.54) is 18.3 Å². The molecule has 1 N–H and O–H groups in total. The highest BCUT2D eigenvalue weighted by Gasteiger charge is 2.21. The number of H-pyrrole nitrogens is 1. The molecule has 0 aliphatic carbocycles. The first-order valence-electron chi connectivity index (χ1n) is 5.13. The maximum Gasteiger partial charge on any atom is 0.216 e. The fourth-order valence-corrected chi connectivity index (χ4v) is 1.40. The van der Waals surface area contributed by atoms with Crippen LogP contribution in [0.3, 0.4) is 0 Å². The molecule has 0 aliphatic heterocycles. The van der Waals surface area contributed by atoms with Crippen molar-refractivity contribution in [2.75, 3.05) is 6.61 Å². The van der Waals surface area contributed by atoms with Crippen LogP contribution in [0.25, 0.3) is 0 Å². The van der Waals surface area contributed by atoms with Crippen LogP contribution in [0.4, 0.5) is 17.6 Å². The van der Waals surface area contributed by atoms with Gasteiger partial charge < -0.3 is 9.72 Å². The number of rotatable bonds is 4. The third-order valence-electron chi connectivity index (χ3n) is 2.32. The minimum Gasteiger partial charge on any atom is -0.479 e. The predicted octanol–water partition coefficient (Wildman–Crippen LogP) is 2.83. The molecular weight excluding hydrogens is 266 g/mol. The highest BCUT2D eigenvalue weighted by molar-refractivity contribution is 5.95. The monoisotopic (exact) mass is 273 g/mol. The van der Waals surface area contributed by atoms with Gasteiger partial charge in [0.05, 0.1) is 5.69 Å². The second kappa shape index (κ2) is 5.13. The maximum absolute atomic E-state index is 13.2. The van der Waals surface area contributed by atoms with Crippen LogP contribution < -0.4 is 4.74 Å². The smallest absolute Gasteiger partial charge is 0.216 e. The average molecular weight is 273 g/mol. The van der Waals surface area contributed by atoms with Crippen LogP contribution in [-0.4, -0.2) is 17.4 Å². The summed E-state index contributed by atoms with van der Waals surface area (Å²) in [6.07, 6.45) is 1.47. The van der Waals surface area contributed by atoms with Gasteiger partial charge in [0.25, 0.3) is 0 Å². The first-order valence-corrected chi connectivity index (χ1v) is 5.13. The van der Waals surface area contributed by atoms with Crippen LogP contribution in [0.1, 0.15) is 10.5 Å². The van der Waals surface area contributed by atoms with Gasteiger partial charge in [-0.3, -0.25) is 4.79 Å².